The number of amides is 1. The van der Waals surface area contributed by atoms with Crippen molar-refractivity contribution in [3.63, 3.8) is 0 Å². The Balaban J connectivity index is 2.84. The molecular formula is C16H22N2O4S. The number of carbonyl (C=O) groups excluding carboxylic acids is 1. The quantitative estimate of drug-likeness (QED) is 0.358. The maximum Gasteiger partial charge on any atom is 0.327 e. The van der Waals surface area contributed by atoms with Crippen LogP contribution in [0.25, 0.3) is 0 Å². The summed E-state index contributed by atoms with van der Waals surface area (Å²) in [5.41, 5.74) is 0.482. The van der Waals surface area contributed by atoms with Gasteiger partial charge in [0, 0.05) is 37.7 Å². The number of carboxylic acid groups (broad SMARTS) is 1. The first-order chi connectivity index (χ1) is 10.6. The highest BCUT2D eigenvalue weighted by Crippen LogP contribution is 2.08. The van der Waals surface area contributed by atoms with Gasteiger partial charge in [-0.05, 0) is 30.5 Å². The minimum Gasteiger partial charge on any atom is -0.623 e. The van der Waals surface area contributed by atoms with E-state index >= 15 is 0 Å². The molecule has 23 heavy (non-hydrogen) atoms. The zero-order chi connectivity index (χ0) is 17.6. The van der Waals surface area contributed by atoms with Crippen LogP contribution in [0.3, 0.4) is 0 Å². The predicted molar refractivity (Wildman–Crippen MR) is 92.3 cm³/mol. The molecule has 0 aliphatic heterocycles. The number of nitrogens with one attached hydrogen (secondary N) is 1. The third kappa shape index (κ3) is 5.94. The van der Waals surface area contributed by atoms with Crippen LogP contribution in [0.15, 0.2) is 24.3 Å². The molecule has 0 heterocycles. The second-order valence-electron chi connectivity index (χ2n) is 6.07. The van der Waals surface area contributed by atoms with Crippen LogP contribution in [0.4, 0.5) is 0 Å². The number of rotatable bonds is 6. The summed E-state index contributed by atoms with van der Waals surface area (Å²) in [5, 5.41) is 23.4. The molecule has 6 nitrogen and oxygen atoms in total. The Bertz CT molecular complexity index is 591. The molecule has 126 valence electrons. The molecule has 0 radical (unpaired) electrons. The highest BCUT2D eigenvalue weighted by Gasteiger charge is 2.20. The fourth-order valence-electron chi connectivity index (χ4n) is 1.63. The van der Waals surface area contributed by atoms with Gasteiger partial charge in [-0.2, -0.15) is 11.8 Å². The number of hydrogen-bond donors (Lipinski definition) is 2. The Morgan fingerprint density at radius 1 is 1.35 bits per heavy atom. The number of thioether (sulfide) groups is 1. The van der Waals surface area contributed by atoms with Gasteiger partial charge < -0.3 is 15.6 Å². The van der Waals surface area contributed by atoms with Crippen molar-refractivity contribution >= 4 is 29.9 Å². The monoisotopic (exact) mass is 338 g/mol. The maximum atomic E-state index is 12.1. The van der Waals surface area contributed by atoms with E-state index in [4.69, 9.17) is 5.11 Å². The van der Waals surface area contributed by atoms with Gasteiger partial charge in [-0.3, -0.25) is 4.79 Å². The first kappa shape index (κ1) is 19.0. The number of benzene rings is 1. The second kappa shape index (κ2) is 8.01. The molecule has 0 bridgehead atoms. The lowest BCUT2D eigenvalue weighted by Gasteiger charge is -2.18. The highest BCUT2D eigenvalue weighted by atomic mass is 32.2. The van der Waals surface area contributed by atoms with Crippen LogP contribution < -0.4 is 5.32 Å². The van der Waals surface area contributed by atoms with Gasteiger partial charge in [0.05, 0.1) is 0 Å². The van der Waals surface area contributed by atoms with E-state index in [0.717, 1.165) is 4.74 Å². The lowest BCUT2D eigenvalue weighted by molar-refractivity contribution is -0.530. The molecule has 1 atom stereocenters. The van der Waals surface area contributed by atoms with Crippen molar-refractivity contribution in [1.29, 1.82) is 0 Å². The van der Waals surface area contributed by atoms with Gasteiger partial charge in [0.25, 0.3) is 5.91 Å². The third-order valence-corrected chi connectivity index (χ3v) is 3.70. The molecule has 1 amide bonds. The molecule has 1 rings (SSSR count). The summed E-state index contributed by atoms with van der Waals surface area (Å²) in [6.07, 6.45) is 3.23. The topological polar surface area (TPSA) is 92.5 Å². The standard InChI is InChI=1S/C16H22N2O4S/c1-16(2,3)18(22)9-11-5-7-12(8-6-11)14(19)17-13(10-23-4)15(20)21/h5-9,13H,10H2,1-4H3,(H,17,19)(H,20,21)/b18-9-/t13-/m0/s1. The lowest BCUT2D eigenvalue weighted by atomic mass is 10.1. The fourth-order valence-corrected chi connectivity index (χ4v) is 2.19. The van der Waals surface area contributed by atoms with E-state index in [1.807, 2.05) is 0 Å². The second-order valence-corrected chi connectivity index (χ2v) is 6.98. The Labute approximate surface area is 140 Å². The molecule has 0 fully saturated rings. The fraction of sp³-hybridized carbons (Fsp3) is 0.438. The molecule has 1 aromatic carbocycles. The van der Waals surface area contributed by atoms with Gasteiger partial charge in [0.1, 0.15) is 6.04 Å². The van der Waals surface area contributed by atoms with Crippen LogP contribution >= 0.6 is 11.8 Å². The van der Waals surface area contributed by atoms with Crippen molar-refractivity contribution < 1.29 is 19.4 Å². The molecule has 0 aromatic heterocycles. The van der Waals surface area contributed by atoms with Crippen LogP contribution in [0.1, 0.15) is 36.7 Å². The Kier molecular flexibility index (Phi) is 6.62. The van der Waals surface area contributed by atoms with Gasteiger partial charge >= 0.3 is 5.97 Å². The van der Waals surface area contributed by atoms with Crippen molar-refractivity contribution in [2.75, 3.05) is 12.0 Å². The van der Waals surface area contributed by atoms with Crippen molar-refractivity contribution in [3.05, 3.63) is 40.6 Å². The summed E-state index contributed by atoms with van der Waals surface area (Å²) in [5.74, 6) is -1.22. The van der Waals surface area contributed by atoms with Crippen LogP contribution in [0.5, 0.6) is 0 Å². The Morgan fingerprint density at radius 3 is 2.35 bits per heavy atom. The summed E-state index contributed by atoms with van der Waals surface area (Å²) in [4.78, 5) is 23.1. The van der Waals surface area contributed by atoms with Gasteiger partial charge in [-0.25, -0.2) is 9.53 Å². The Morgan fingerprint density at radius 2 is 1.91 bits per heavy atom. The van der Waals surface area contributed by atoms with Crippen molar-refractivity contribution in [2.24, 2.45) is 0 Å². The van der Waals surface area contributed by atoms with Gasteiger partial charge in [0.2, 0.25) is 0 Å². The largest absolute Gasteiger partial charge is 0.623 e. The first-order valence-corrected chi connectivity index (χ1v) is 8.48. The van der Waals surface area contributed by atoms with E-state index < -0.39 is 23.5 Å². The molecule has 0 saturated carbocycles. The normalized spacial score (nSPS) is 13.5. The molecular weight excluding hydrogens is 316 g/mol. The third-order valence-electron chi connectivity index (χ3n) is 3.04. The minimum absolute atomic E-state index is 0.295. The molecule has 1 aromatic rings. The molecule has 0 aliphatic rings. The van der Waals surface area contributed by atoms with Gasteiger partial charge in [-0.1, -0.05) is 0 Å². The van der Waals surface area contributed by atoms with E-state index in [0.29, 0.717) is 16.9 Å². The van der Waals surface area contributed by atoms with E-state index in [2.05, 4.69) is 5.32 Å². The molecule has 7 heteroatoms. The van der Waals surface area contributed by atoms with Crippen molar-refractivity contribution in [1.82, 2.24) is 5.32 Å². The smallest absolute Gasteiger partial charge is 0.327 e. The summed E-state index contributed by atoms with van der Waals surface area (Å²) >= 11 is 1.35. The number of nitrogens with zero attached hydrogens (tertiary/aromatic N) is 1. The molecule has 0 spiro atoms. The predicted octanol–water partition coefficient (Wildman–Crippen LogP) is 1.96. The average molecular weight is 338 g/mol. The first-order valence-electron chi connectivity index (χ1n) is 7.09. The Hall–Kier alpha value is -2.02. The number of aliphatic carboxylic acids is 1. The summed E-state index contributed by atoms with van der Waals surface area (Å²) in [7, 11) is 0. The number of carboxylic acids is 1. The molecule has 2 N–H and O–H groups in total. The number of hydrogen-bond acceptors (Lipinski definition) is 4. The zero-order valence-electron chi connectivity index (χ0n) is 13.7. The molecule has 0 unspecified atom stereocenters. The molecule has 0 aliphatic carbocycles. The minimum atomic E-state index is -1.06. The molecule has 0 saturated heterocycles. The number of hydroxylamine groups is 1. The van der Waals surface area contributed by atoms with E-state index in [-0.39, 0.29) is 0 Å². The SMILES string of the molecule is CSC[C@H](NC(=O)c1ccc(/C=[N+](\[O-])C(C)(C)C)cc1)C(=O)O. The van der Waals surface area contributed by atoms with Gasteiger partial charge in [0.15, 0.2) is 11.8 Å². The van der Waals surface area contributed by atoms with E-state index in [1.165, 1.54) is 18.0 Å². The summed E-state index contributed by atoms with van der Waals surface area (Å²) < 4.78 is 0.848. The van der Waals surface area contributed by atoms with Gasteiger partial charge in [-0.15, -0.1) is 0 Å². The number of carbonyl (C=O) groups is 2. The summed E-state index contributed by atoms with van der Waals surface area (Å²) in [6, 6.07) is 5.50. The van der Waals surface area contributed by atoms with Crippen LogP contribution in [-0.4, -0.2) is 51.5 Å². The maximum absolute atomic E-state index is 12.1. The van der Waals surface area contributed by atoms with Crippen molar-refractivity contribution in [3.8, 4) is 0 Å². The van der Waals surface area contributed by atoms with Crippen LogP contribution in [-0.2, 0) is 4.79 Å². The van der Waals surface area contributed by atoms with Crippen LogP contribution in [0.2, 0.25) is 0 Å². The van der Waals surface area contributed by atoms with E-state index in [1.54, 1.807) is 51.3 Å². The summed E-state index contributed by atoms with van der Waals surface area (Å²) in [6.45, 7) is 5.41. The van der Waals surface area contributed by atoms with E-state index in [9.17, 15) is 14.8 Å². The van der Waals surface area contributed by atoms with Crippen molar-refractivity contribution in [2.45, 2.75) is 32.4 Å². The van der Waals surface area contributed by atoms with Crippen LogP contribution in [0, 0.1) is 5.21 Å². The lowest BCUT2D eigenvalue weighted by Crippen LogP contribution is -2.42. The zero-order valence-corrected chi connectivity index (χ0v) is 14.5. The average Bonchev–Trinajstić information content (AvgIpc) is 2.46. The highest BCUT2D eigenvalue weighted by molar-refractivity contribution is 7.98.